The molecular weight excluding hydrogens is 448 g/mol. The fraction of sp³-hybridized carbons (Fsp3) is 0.333. The number of carbonyl (C=O) groups is 4. The lowest BCUT2D eigenvalue weighted by Crippen LogP contribution is -2.31. The average molecular weight is 475 g/mol. The van der Waals surface area contributed by atoms with E-state index < -0.39 is 11.9 Å². The van der Waals surface area contributed by atoms with Gasteiger partial charge in [0.05, 0.1) is 30.6 Å². The zero-order chi connectivity index (χ0) is 24.7. The zero-order valence-electron chi connectivity index (χ0n) is 19.6. The number of esters is 1. The van der Waals surface area contributed by atoms with Crippen molar-refractivity contribution in [3.8, 4) is 11.5 Å². The molecule has 1 aliphatic carbocycles. The van der Waals surface area contributed by atoms with E-state index >= 15 is 0 Å². The maximum Gasteiger partial charge on any atom is 0.316 e. The molecule has 8 nitrogen and oxygen atoms in total. The monoisotopic (exact) mass is 474 g/mol. The number of rotatable bonds is 5. The van der Waals surface area contributed by atoms with Crippen LogP contribution in [0.25, 0.3) is 0 Å². The number of carbonyl (C=O) groups excluding carboxylic acids is 4. The van der Waals surface area contributed by atoms with E-state index in [1.807, 2.05) is 12.2 Å². The highest BCUT2D eigenvalue weighted by Crippen LogP contribution is 2.39. The van der Waals surface area contributed by atoms with Gasteiger partial charge in [-0.2, -0.15) is 0 Å². The van der Waals surface area contributed by atoms with Crippen LogP contribution in [0.5, 0.6) is 11.5 Å². The van der Waals surface area contributed by atoms with Gasteiger partial charge in [0.1, 0.15) is 11.5 Å². The van der Waals surface area contributed by atoms with Gasteiger partial charge in [-0.15, -0.1) is 0 Å². The largest absolute Gasteiger partial charge is 0.497 e. The molecule has 2 saturated heterocycles. The maximum absolute atomic E-state index is 12.9. The van der Waals surface area contributed by atoms with Crippen molar-refractivity contribution in [1.82, 2.24) is 0 Å². The molecule has 0 aromatic heterocycles. The van der Waals surface area contributed by atoms with Crippen LogP contribution in [0.4, 0.5) is 11.4 Å². The minimum atomic E-state index is -0.595. The number of nitrogens with zero attached hydrogens (tertiary/aromatic N) is 2. The zero-order valence-corrected chi connectivity index (χ0v) is 19.6. The number of fused-ring (bicyclic) bond motifs is 1. The normalized spacial score (nSPS) is 23.6. The Morgan fingerprint density at radius 2 is 1.54 bits per heavy atom. The molecule has 3 amide bonds. The van der Waals surface area contributed by atoms with E-state index in [1.54, 1.807) is 61.4 Å². The van der Waals surface area contributed by atoms with Gasteiger partial charge in [-0.1, -0.05) is 12.2 Å². The molecule has 8 heteroatoms. The van der Waals surface area contributed by atoms with Crippen LogP contribution in [0.2, 0.25) is 0 Å². The number of methoxy groups -OCH3 is 1. The summed E-state index contributed by atoms with van der Waals surface area (Å²) >= 11 is 0. The quantitative estimate of drug-likeness (QED) is 0.285. The highest BCUT2D eigenvalue weighted by Gasteiger charge is 2.48. The Morgan fingerprint density at radius 3 is 2.14 bits per heavy atom. The predicted octanol–water partition coefficient (Wildman–Crippen LogP) is 3.42. The van der Waals surface area contributed by atoms with Crippen LogP contribution in [-0.2, 0) is 19.2 Å². The minimum Gasteiger partial charge on any atom is -0.497 e. The topological polar surface area (TPSA) is 93.2 Å². The van der Waals surface area contributed by atoms with Crippen LogP contribution >= 0.6 is 0 Å². The van der Waals surface area contributed by atoms with Crippen LogP contribution in [0.15, 0.2) is 54.6 Å². The van der Waals surface area contributed by atoms with Crippen molar-refractivity contribution in [1.29, 1.82) is 0 Å². The lowest BCUT2D eigenvalue weighted by Gasteiger charge is -2.19. The molecule has 0 saturated carbocycles. The molecule has 180 valence electrons. The molecule has 5 rings (SSSR count). The predicted molar refractivity (Wildman–Crippen MR) is 128 cm³/mol. The molecule has 3 atom stereocenters. The number of benzene rings is 2. The number of imide groups is 1. The fourth-order valence-electron chi connectivity index (χ4n) is 5.06. The average Bonchev–Trinajstić information content (AvgIpc) is 3.37. The van der Waals surface area contributed by atoms with Gasteiger partial charge < -0.3 is 14.4 Å². The summed E-state index contributed by atoms with van der Waals surface area (Å²) < 4.78 is 10.7. The van der Waals surface area contributed by atoms with Crippen LogP contribution in [0, 0.1) is 24.7 Å². The van der Waals surface area contributed by atoms with Gasteiger partial charge in [-0.3, -0.25) is 19.2 Å². The third kappa shape index (κ3) is 4.09. The van der Waals surface area contributed by atoms with E-state index in [4.69, 9.17) is 9.47 Å². The summed E-state index contributed by atoms with van der Waals surface area (Å²) in [5.41, 5.74) is 1.86. The Labute approximate surface area is 203 Å². The van der Waals surface area contributed by atoms with E-state index in [0.29, 0.717) is 41.3 Å². The standard InChI is InChI=1S/C27H26N2O6/c1-16-13-20(11-12-23(16)29-25(31)21-5-3-4-6-22(21)26(29)32)35-27(33)17-14-24(30)28(15-17)18-7-9-19(34-2)10-8-18/h3-4,7-13,17,21-22H,5-6,14-15H2,1-2H3/t17-,21-,22+/m0/s1. The van der Waals surface area contributed by atoms with E-state index in [2.05, 4.69) is 0 Å². The van der Waals surface area contributed by atoms with Crippen LogP contribution in [0.1, 0.15) is 24.8 Å². The number of hydrogen-bond acceptors (Lipinski definition) is 6. The van der Waals surface area contributed by atoms with Gasteiger partial charge in [0.25, 0.3) is 0 Å². The summed E-state index contributed by atoms with van der Waals surface area (Å²) in [7, 11) is 1.57. The summed E-state index contributed by atoms with van der Waals surface area (Å²) in [5.74, 6) is -1.22. The molecule has 0 spiro atoms. The van der Waals surface area contributed by atoms with Gasteiger partial charge in [0, 0.05) is 18.7 Å². The van der Waals surface area contributed by atoms with Gasteiger partial charge >= 0.3 is 5.97 Å². The minimum absolute atomic E-state index is 0.0650. The molecule has 2 fully saturated rings. The molecule has 0 N–H and O–H groups in total. The smallest absolute Gasteiger partial charge is 0.316 e. The van der Waals surface area contributed by atoms with E-state index in [0.717, 1.165) is 0 Å². The fourth-order valence-corrected chi connectivity index (χ4v) is 5.06. The van der Waals surface area contributed by atoms with Crippen LogP contribution < -0.4 is 19.3 Å². The Bertz CT molecular complexity index is 1210. The maximum atomic E-state index is 12.9. The van der Waals surface area contributed by atoms with Gasteiger partial charge in [-0.25, -0.2) is 4.90 Å². The summed E-state index contributed by atoms with van der Waals surface area (Å²) in [6.45, 7) is 2.01. The summed E-state index contributed by atoms with van der Waals surface area (Å²) in [4.78, 5) is 54.0. The third-order valence-corrected chi connectivity index (χ3v) is 6.98. The van der Waals surface area contributed by atoms with Crippen molar-refractivity contribution in [2.75, 3.05) is 23.5 Å². The van der Waals surface area contributed by atoms with Crippen molar-refractivity contribution >= 4 is 35.1 Å². The SMILES string of the molecule is COc1ccc(N2C[C@@H](C(=O)Oc3ccc(N4C(=O)[C@H]5CC=CC[C@H]5C4=O)c(C)c3)CC2=O)cc1. The lowest BCUT2D eigenvalue weighted by atomic mass is 9.85. The summed E-state index contributed by atoms with van der Waals surface area (Å²) in [6.07, 6.45) is 5.13. The number of allylic oxidation sites excluding steroid dienone is 2. The number of amides is 3. The van der Waals surface area contributed by atoms with E-state index in [-0.39, 0.29) is 42.5 Å². The molecule has 2 aromatic rings. The van der Waals surface area contributed by atoms with Gasteiger partial charge in [0.15, 0.2) is 0 Å². The van der Waals surface area contributed by atoms with Crippen molar-refractivity contribution in [2.45, 2.75) is 26.2 Å². The second-order valence-electron chi connectivity index (χ2n) is 9.14. The molecule has 0 radical (unpaired) electrons. The molecule has 35 heavy (non-hydrogen) atoms. The van der Waals surface area contributed by atoms with E-state index in [9.17, 15) is 19.2 Å². The van der Waals surface area contributed by atoms with Crippen LogP contribution in [-0.4, -0.2) is 37.3 Å². The Kier molecular flexibility index (Phi) is 5.88. The molecule has 0 bridgehead atoms. The second-order valence-corrected chi connectivity index (χ2v) is 9.14. The molecule has 2 aliphatic heterocycles. The first-order valence-electron chi connectivity index (χ1n) is 11.7. The Morgan fingerprint density at radius 1 is 0.914 bits per heavy atom. The highest BCUT2D eigenvalue weighted by atomic mass is 16.5. The Hall–Kier alpha value is -3.94. The van der Waals surface area contributed by atoms with Crippen LogP contribution in [0.3, 0.4) is 0 Å². The second kappa shape index (κ2) is 9.02. The van der Waals surface area contributed by atoms with Crippen molar-refractivity contribution in [3.05, 3.63) is 60.2 Å². The van der Waals surface area contributed by atoms with Crippen molar-refractivity contribution < 1.29 is 28.7 Å². The third-order valence-electron chi connectivity index (χ3n) is 6.98. The number of ether oxygens (including phenoxy) is 2. The molecule has 3 aliphatic rings. The first kappa shape index (κ1) is 22.8. The molecule has 0 unspecified atom stereocenters. The first-order chi connectivity index (χ1) is 16.9. The molecular formula is C27H26N2O6. The lowest BCUT2D eigenvalue weighted by molar-refractivity contribution is -0.139. The number of aryl methyl sites for hydroxylation is 1. The van der Waals surface area contributed by atoms with Crippen molar-refractivity contribution in [2.24, 2.45) is 17.8 Å². The molecule has 2 heterocycles. The first-order valence-corrected chi connectivity index (χ1v) is 11.7. The molecule has 2 aromatic carbocycles. The van der Waals surface area contributed by atoms with E-state index in [1.165, 1.54) is 4.90 Å². The van der Waals surface area contributed by atoms with Crippen molar-refractivity contribution in [3.63, 3.8) is 0 Å². The summed E-state index contributed by atoms with van der Waals surface area (Å²) in [6, 6.07) is 12.0. The van der Waals surface area contributed by atoms with Gasteiger partial charge in [0.2, 0.25) is 17.7 Å². The number of anilines is 2. The summed E-state index contributed by atoms with van der Waals surface area (Å²) in [5, 5.41) is 0. The number of hydrogen-bond donors (Lipinski definition) is 0. The Balaban J connectivity index is 1.27. The van der Waals surface area contributed by atoms with Gasteiger partial charge in [-0.05, 0) is 67.8 Å². The highest BCUT2D eigenvalue weighted by molar-refractivity contribution is 6.22.